The lowest BCUT2D eigenvalue weighted by Gasteiger charge is -2.08. The largest absolute Gasteiger partial charge is 0.339 e. The Hall–Kier alpha value is -2.47. The second kappa shape index (κ2) is 7.40. The van der Waals surface area contributed by atoms with E-state index in [-0.39, 0.29) is 5.91 Å². The van der Waals surface area contributed by atoms with Crippen molar-refractivity contribution in [3.8, 4) is 0 Å². The number of hydrogen-bond acceptors (Lipinski definition) is 4. The number of aromatic nitrogens is 3. The summed E-state index contributed by atoms with van der Waals surface area (Å²) < 4.78 is 1.92. The molecular weight excluding hydrogens is 320 g/mol. The van der Waals surface area contributed by atoms with Crippen LogP contribution in [0.2, 0.25) is 0 Å². The number of thiazole rings is 1. The van der Waals surface area contributed by atoms with Gasteiger partial charge in [-0.15, -0.1) is 11.3 Å². The maximum Gasteiger partial charge on any atom is 0.274 e. The molecule has 3 aromatic rings. The van der Waals surface area contributed by atoms with Crippen LogP contribution in [0.1, 0.15) is 34.8 Å². The highest BCUT2D eigenvalue weighted by Crippen LogP contribution is 2.21. The highest BCUT2D eigenvalue weighted by Gasteiger charge is 2.13. The van der Waals surface area contributed by atoms with Gasteiger partial charge in [-0.25, -0.2) is 4.98 Å². The first-order chi connectivity index (χ1) is 11.6. The molecule has 0 aromatic carbocycles. The van der Waals surface area contributed by atoms with Crippen molar-refractivity contribution in [1.82, 2.24) is 14.5 Å². The van der Waals surface area contributed by atoms with Gasteiger partial charge in [0.1, 0.15) is 5.69 Å². The molecule has 0 fully saturated rings. The molecule has 0 atom stereocenters. The van der Waals surface area contributed by atoms with Crippen LogP contribution >= 0.6 is 11.3 Å². The number of anilines is 1. The molecule has 0 aliphatic rings. The van der Waals surface area contributed by atoms with Crippen molar-refractivity contribution < 1.29 is 4.79 Å². The van der Waals surface area contributed by atoms with Crippen LogP contribution in [0.5, 0.6) is 0 Å². The second-order valence-electron chi connectivity index (χ2n) is 6.06. The number of rotatable bonds is 6. The van der Waals surface area contributed by atoms with Crippen LogP contribution in [0.4, 0.5) is 5.13 Å². The van der Waals surface area contributed by atoms with Crippen LogP contribution in [0.25, 0.3) is 0 Å². The molecule has 5 nitrogen and oxygen atoms in total. The molecule has 0 bridgehead atoms. The van der Waals surface area contributed by atoms with Crippen molar-refractivity contribution in [2.75, 3.05) is 5.32 Å². The first-order valence-electron chi connectivity index (χ1n) is 7.92. The van der Waals surface area contributed by atoms with E-state index >= 15 is 0 Å². The highest BCUT2D eigenvalue weighted by molar-refractivity contribution is 7.15. The van der Waals surface area contributed by atoms with Gasteiger partial charge in [-0.2, -0.15) is 0 Å². The summed E-state index contributed by atoms with van der Waals surface area (Å²) in [5.74, 6) is 0.436. The van der Waals surface area contributed by atoms with Crippen LogP contribution in [0.15, 0.2) is 49.1 Å². The molecule has 0 spiro atoms. The lowest BCUT2D eigenvalue weighted by atomic mass is 10.1. The Kier molecular flexibility index (Phi) is 5.05. The normalized spacial score (nSPS) is 11.0. The summed E-state index contributed by atoms with van der Waals surface area (Å²) >= 11 is 1.54. The van der Waals surface area contributed by atoms with Gasteiger partial charge in [0, 0.05) is 36.2 Å². The Bertz CT molecular complexity index is 807. The number of hydrogen-bond donors (Lipinski definition) is 1. The van der Waals surface area contributed by atoms with E-state index in [1.165, 1.54) is 16.2 Å². The topological polar surface area (TPSA) is 59.8 Å². The number of nitrogens with zero attached hydrogens (tertiary/aromatic N) is 3. The van der Waals surface area contributed by atoms with E-state index in [0.29, 0.717) is 23.3 Å². The van der Waals surface area contributed by atoms with Gasteiger partial charge in [0.15, 0.2) is 5.13 Å². The standard InChI is InChI=1S/C18H20N4OS/c1-13(2)10-15-11-20-18(24-15)21-17(23)16-4-3-9-22(16)12-14-5-7-19-8-6-14/h3-9,11,13H,10,12H2,1-2H3,(H,20,21,23). The van der Waals surface area contributed by atoms with Crippen LogP contribution in [-0.2, 0) is 13.0 Å². The van der Waals surface area contributed by atoms with Gasteiger partial charge in [-0.05, 0) is 42.2 Å². The van der Waals surface area contributed by atoms with Gasteiger partial charge < -0.3 is 4.57 Å². The van der Waals surface area contributed by atoms with Gasteiger partial charge in [-0.3, -0.25) is 15.1 Å². The Morgan fingerprint density at radius 2 is 2.08 bits per heavy atom. The summed E-state index contributed by atoms with van der Waals surface area (Å²) in [5.41, 5.74) is 1.72. The molecule has 1 N–H and O–H groups in total. The quantitative estimate of drug-likeness (QED) is 0.742. The minimum atomic E-state index is -0.139. The number of pyridine rings is 1. The Morgan fingerprint density at radius 1 is 1.29 bits per heavy atom. The molecule has 0 aliphatic carbocycles. The van der Waals surface area contributed by atoms with Crippen LogP contribution in [-0.4, -0.2) is 20.4 Å². The third-order valence-electron chi connectivity index (χ3n) is 3.55. The maximum absolute atomic E-state index is 12.5. The van der Waals surface area contributed by atoms with Crippen molar-refractivity contribution in [3.63, 3.8) is 0 Å². The fourth-order valence-electron chi connectivity index (χ4n) is 2.47. The number of carbonyl (C=O) groups excluding carboxylic acids is 1. The molecule has 0 saturated carbocycles. The van der Waals surface area contributed by atoms with Crippen molar-refractivity contribution >= 4 is 22.4 Å². The van der Waals surface area contributed by atoms with Gasteiger partial charge in [0.05, 0.1) is 0 Å². The van der Waals surface area contributed by atoms with Crippen molar-refractivity contribution in [3.05, 3.63) is 65.2 Å². The second-order valence-corrected chi connectivity index (χ2v) is 7.18. The highest BCUT2D eigenvalue weighted by atomic mass is 32.1. The first kappa shape index (κ1) is 16.4. The predicted molar refractivity (Wildman–Crippen MR) is 96.4 cm³/mol. The molecule has 124 valence electrons. The van der Waals surface area contributed by atoms with E-state index in [2.05, 4.69) is 29.1 Å². The molecule has 3 aromatic heterocycles. The van der Waals surface area contributed by atoms with E-state index in [9.17, 15) is 4.79 Å². The average molecular weight is 340 g/mol. The van der Waals surface area contributed by atoms with Crippen molar-refractivity contribution in [2.45, 2.75) is 26.8 Å². The fourth-order valence-corrected chi connectivity index (χ4v) is 3.49. The van der Waals surface area contributed by atoms with E-state index in [1.54, 1.807) is 12.4 Å². The fraction of sp³-hybridized carbons (Fsp3) is 0.278. The lowest BCUT2D eigenvalue weighted by molar-refractivity contribution is 0.101. The first-order valence-corrected chi connectivity index (χ1v) is 8.73. The predicted octanol–water partition coefficient (Wildman–Crippen LogP) is 3.84. The lowest BCUT2D eigenvalue weighted by Crippen LogP contribution is -2.17. The molecule has 6 heteroatoms. The molecule has 0 saturated heterocycles. The molecule has 24 heavy (non-hydrogen) atoms. The molecule has 1 amide bonds. The van der Waals surface area contributed by atoms with Gasteiger partial charge >= 0.3 is 0 Å². The SMILES string of the molecule is CC(C)Cc1cnc(NC(=O)c2cccn2Cc2ccncc2)s1. The van der Waals surface area contributed by atoms with Gasteiger partial charge in [-0.1, -0.05) is 13.8 Å². The minimum Gasteiger partial charge on any atom is -0.339 e. The van der Waals surface area contributed by atoms with Crippen LogP contribution in [0, 0.1) is 5.92 Å². The zero-order chi connectivity index (χ0) is 16.9. The molecule has 0 aliphatic heterocycles. The summed E-state index contributed by atoms with van der Waals surface area (Å²) in [7, 11) is 0. The third-order valence-corrected chi connectivity index (χ3v) is 4.48. The molecule has 0 radical (unpaired) electrons. The molecule has 3 heterocycles. The third kappa shape index (κ3) is 4.08. The monoisotopic (exact) mass is 340 g/mol. The number of amides is 1. The summed E-state index contributed by atoms with van der Waals surface area (Å²) in [5, 5.41) is 3.55. The zero-order valence-corrected chi connectivity index (χ0v) is 14.6. The van der Waals surface area contributed by atoms with Gasteiger partial charge in [0.2, 0.25) is 0 Å². The summed E-state index contributed by atoms with van der Waals surface area (Å²) in [6, 6.07) is 7.59. The Balaban J connectivity index is 1.69. The van der Waals surface area contributed by atoms with Crippen LogP contribution in [0.3, 0.4) is 0 Å². The summed E-state index contributed by atoms with van der Waals surface area (Å²) in [6.07, 6.45) is 8.23. The van der Waals surface area contributed by atoms with Crippen molar-refractivity contribution in [2.24, 2.45) is 5.92 Å². The van der Waals surface area contributed by atoms with E-state index in [1.807, 2.05) is 41.2 Å². The zero-order valence-electron chi connectivity index (χ0n) is 13.8. The van der Waals surface area contributed by atoms with E-state index in [0.717, 1.165) is 12.0 Å². The minimum absolute atomic E-state index is 0.139. The Morgan fingerprint density at radius 3 is 2.83 bits per heavy atom. The number of carbonyl (C=O) groups is 1. The van der Waals surface area contributed by atoms with Crippen molar-refractivity contribution in [1.29, 1.82) is 0 Å². The van der Waals surface area contributed by atoms with E-state index < -0.39 is 0 Å². The Labute approximate surface area is 145 Å². The van der Waals surface area contributed by atoms with Crippen LogP contribution < -0.4 is 5.32 Å². The van der Waals surface area contributed by atoms with E-state index in [4.69, 9.17) is 0 Å². The molecule has 3 rings (SSSR count). The maximum atomic E-state index is 12.5. The smallest absolute Gasteiger partial charge is 0.274 e. The molecule has 0 unspecified atom stereocenters. The van der Waals surface area contributed by atoms with Gasteiger partial charge in [0.25, 0.3) is 5.91 Å². The molecular formula is C18H20N4OS. The summed E-state index contributed by atoms with van der Waals surface area (Å²) in [6.45, 7) is 4.97. The number of nitrogens with one attached hydrogen (secondary N) is 1. The summed E-state index contributed by atoms with van der Waals surface area (Å²) in [4.78, 5) is 22.0. The average Bonchev–Trinajstić information content (AvgIpc) is 3.17.